The Morgan fingerprint density at radius 3 is 2.37 bits per heavy atom. The molecule has 1 aliphatic rings. The van der Waals surface area contributed by atoms with E-state index in [2.05, 4.69) is 50.0 Å². The maximum absolute atomic E-state index is 5.23. The number of nitrogens with zero attached hydrogens (tertiary/aromatic N) is 1. The zero-order chi connectivity index (χ0) is 14.0. The molecule has 0 bridgehead atoms. The van der Waals surface area contributed by atoms with Gasteiger partial charge < -0.3 is 15.0 Å². The first-order valence-electron chi connectivity index (χ1n) is 7.06. The van der Waals surface area contributed by atoms with Crippen molar-refractivity contribution in [1.29, 1.82) is 0 Å². The van der Waals surface area contributed by atoms with Crippen LogP contribution in [0.5, 0.6) is 5.75 Å². The van der Waals surface area contributed by atoms with E-state index in [0.29, 0.717) is 12.1 Å². The van der Waals surface area contributed by atoms with Crippen molar-refractivity contribution in [1.82, 2.24) is 5.32 Å². The Bertz CT molecular complexity index is 408. The lowest BCUT2D eigenvalue weighted by Gasteiger charge is -2.45. The molecule has 0 aliphatic carbocycles. The van der Waals surface area contributed by atoms with Crippen LogP contribution in [0.4, 0.5) is 5.69 Å². The monoisotopic (exact) mass is 262 g/mol. The third kappa shape index (κ3) is 3.21. The Labute approximate surface area is 116 Å². The van der Waals surface area contributed by atoms with Crippen molar-refractivity contribution in [2.24, 2.45) is 5.41 Å². The number of ether oxygens (including phenoxy) is 1. The van der Waals surface area contributed by atoms with Crippen LogP contribution in [-0.2, 0) is 0 Å². The molecule has 0 radical (unpaired) electrons. The fourth-order valence-electron chi connectivity index (χ4n) is 2.58. The number of anilines is 1. The molecule has 3 nitrogen and oxygen atoms in total. The highest BCUT2D eigenvalue weighted by Gasteiger charge is 2.32. The van der Waals surface area contributed by atoms with Crippen molar-refractivity contribution in [3.05, 3.63) is 24.3 Å². The lowest BCUT2D eigenvalue weighted by molar-refractivity contribution is 0.239. The van der Waals surface area contributed by atoms with Gasteiger partial charge in [-0.3, -0.25) is 0 Å². The molecule has 2 unspecified atom stereocenters. The highest BCUT2D eigenvalue weighted by Crippen LogP contribution is 2.28. The summed E-state index contributed by atoms with van der Waals surface area (Å²) in [5, 5.41) is 3.66. The Morgan fingerprint density at radius 2 is 1.84 bits per heavy atom. The predicted molar refractivity (Wildman–Crippen MR) is 81.0 cm³/mol. The highest BCUT2D eigenvalue weighted by atomic mass is 16.5. The highest BCUT2D eigenvalue weighted by molar-refractivity contribution is 5.50. The van der Waals surface area contributed by atoms with Gasteiger partial charge in [-0.1, -0.05) is 20.8 Å². The second-order valence-corrected chi connectivity index (χ2v) is 6.53. The van der Waals surface area contributed by atoms with Crippen LogP contribution in [0.2, 0.25) is 0 Å². The van der Waals surface area contributed by atoms with Crippen molar-refractivity contribution in [3.8, 4) is 5.75 Å². The Balaban J connectivity index is 2.16. The van der Waals surface area contributed by atoms with Gasteiger partial charge in [0.15, 0.2) is 0 Å². The normalized spacial score (nSPS) is 24.4. The maximum atomic E-state index is 5.23. The SMILES string of the molecule is COc1ccc(N2CC(C(C)(C)C)NCC2C)cc1. The molecular formula is C16H26N2O. The van der Waals surface area contributed by atoms with Crippen LogP contribution in [0.1, 0.15) is 27.7 Å². The van der Waals surface area contributed by atoms with E-state index in [4.69, 9.17) is 4.74 Å². The Morgan fingerprint density at radius 1 is 1.21 bits per heavy atom. The number of rotatable bonds is 2. The number of nitrogens with one attached hydrogen (secondary N) is 1. The van der Waals surface area contributed by atoms with Crippen LogP contribution in [0.15, 0.2) is 24.3 Å². The van der Waals surface area contributed by atoms with Gasteiger partial charge in [0.2, 0.25) is 0 Å². The van der Waals surface area contributed by atoms with Crippen molar-refractivity contribution < 1.29 is 4.74 Å². The fourth-order valence-corrected chi connectivity index (χ4v) is 2.58. The summed E-state index contributed by atoms with van der Waals surface area (Å²) in [4.78, 5) is 2.49. The molecule has 1 saturated heterocycles. The molecule has 106 valence electrons. The van der Waals surface area contributed by atoms with E-state index in [1.54, 1.807) is 7.11 Å². The summed E-state index contributed by atoms with van der Waals surface area (Å²) >= 11 is 0. The summed E-state index contributed by atoms with van der Waals surface area (Å²) in [7, 11) is 1.71. The van der Waals surface area contributed by atoms with Crippen molar-refractivity contribution in [2.75, 3.05) is 25.1 Å². The third-order valence-corrected chi connectivity index (χ3v) is 4.02. The number of hydrogen-bond donors (Lipinski definition) is 1. The fraction of sp³-hybridized carbons (Fsp3) is 0.625. The average Bonchev–Trinajstić information content (AvgIpc) is 2.38. The van der Waals surface area contributed by atoms with E-state index in [-0.39, 0.29) is 5.41 Å². The predicted octanol–water partition coefficient (Wildman–Crippen LogP) is 2.91. The summed E-state index contributed by atoms with van der Waals surface area (Å²) < 4.78 is 5.23. The van der Waals surface area contributed by atoms with Gasteiger partial charge in [-0.2, -0.15) is 0 Å². The van der Waals surface area contributed by atoms with E-state index in [1.807, 2.05) is 12.1 Å². The largest absolute Gasteiger partial charge is 0.497 e. The smallest absolute Gasteiger partial charge is 0.119 e. The van der Waals surface area contributed by atoms with E-state index >= 15 is 0 Å². The van der Waals surface area contributed by atoms with E-state index < -0.39 is 0 Å². The second-order valence-electron chi connectivity index (χ2n) is 6.53. The molecule has 2 atom stereocenters. The first-order valence-corrected chi connectivity index (χ1v) is 7.06. The molecule has 0 spiro atoms. The van der Waals surface area contributed by atoms with Crippen molar-refractivity contribution in [2.45, 2.75) is 39.8 Å². The van der Waals surface area contributed by atoms with Crippen molar-refractivity contribution >= 4 is 5.69 Å². The summed E-state index contributed by atoms with van der Waals surface area (Å²) in [5.41, 5.74) is 1.56. The van der Waals surface area contributed by atoms with E-state index in [9.17, 15) is 0 Å². The van der Waals surface area contributed by atoms with Gasteiger partial charge in [0, 0.05) is 30.9 Å². The topological polar surface area (TPSA) is 24.5 Å². The van der Waals surface area contributed by atoms with Gasteiger partial charge in [-0.15, -0.1) is 0 Å². The van der Waals surface area contributed by atoms with Gasteiger partial charge in [-0.25, -0.2) is 0 Å². The first kappa shape index (κ1) is 14.2. The zero-order valence-corrected chi connectivity index (χ0v) is 12.7. The molecule has 1 aliphatic heterocycles. The molecule has 0 saturated carbocycles. The van der Waals surface area contributed by atoms with Gasteiger partial charge in [0.05, 0.1) is 7.11 Å². The molecule has 0 amide bonds. The maximum Gasteiger partial charge on any atom is 0.119 e. The molecule has 1 aromatic carbocycles. The number of hydrogen-bond acceptors (Lipinski definition) is 3. The van der Waals surface area contributed by atoms with E-state index in [1.165, 1.54) is 5.69 Å². The summed E-state index contributed by atoms with van der Waals surface area (Å²) in [6.07, 6.45) is 0. The molecule has 1 fully saturated rings. The average molecular weight is 262 g/mol. The van der Waals surface area contributed by atoms with Crippen LogP contribution in [0.3, 0.4) is 0 Å². The second kappa shape index (κ2) is 5.41. The van der Waals surface area contributed by atoms with Crippen LogP contribution in [0.25, 0.3) is 0 Å². The number of benzene rings is 1. The minimum Gasteiger partial charge on any atom is -0.497 e. The zero-order valence-electron chi connectivity index (χ0n) is 12.7. The third-order valence-electron chi connectivity index (χ3n) is 4.02. The van der Waals surface area contributed by atoms with Gasteiger partial charge >= 0.3 is 0 Å². The Kier molecular flexibility index (Phi) is 4.04. The molecular weight excluding hydrogens is 236 g/mol. The standard InChI is InChI=1S/C16H26N2O/c1-12-10-17-15(16(2,3)4)11-18(12)13-6-8-14(19-5)9-7-13/h6-9,12,15,17H,10-11H2,1-5H3. The summed E-state index contributed by atoms with van der Waals surface area (Å²) in [6, 6.07) is 9.42. The van der Waals surface area contributed by atoms with Gasteiger partial charge in [0.25, 0.3) is 0 Å². The molecule has 19 heavy (non-hydrogen) atoms. The molecule has 3 heteroatoms. The van der Waals surface area contributed by atoms with Crippen LogP contribution in [0, 0.1) is 5.41 Å². The van der Waals surface area contributed by atoms with Gasteiger partial charge in [-0.05, 0) is 36.6 Å². The molecule has 1 aromatic rings. The molecule has 0 aromatic heterocycles. The van der Waals surface area contributed by atoms with E-state index in [0.717, 1.165) is 18.8 Å². The van der Waals surface area contributed by atoms with Crippen LogP contribution >= 0.6 is 0 Å². The molecule has 1 heterocycles. The summed E-state index contributed by atoms with van der Waals surface area (Å²) in [5.74, 6) is 0.916. The first-order chi connectivity index (χ1) is 8.91. The Hall–Kier alpha value is -1.22. The van der Waals surface area contributed by atoms with Gasteiger partial charge in [0.1, 0.15) is 5.75 Å². The van der Waals surface area contributed by atoms with Crippen molar-refractivity contribution in [3.63, 3.8) is 0 Å². The lowest BCUT2D eigenvalue weighted by atomic mass is 9.84. The van der Waals surface area contributed by atoms with Crippen LogP contribution < -0.4 is 15.0 Å². The quantitative estimate of drug-likeness (QED) is 0.887. The van der Waals surface area contributed by atoms with Crippen LogP contribution in [-0.4, -0.2) is 32.3 Å². The lowest BCUT2D eigenvalue weighted by Crippen LogP contribution is -2.59. The molecule has 1 N–H and O–H groups in total. The minimum absolute atomic E-state index is 0.283. The number of methoxy groups -OCH3 is 1. The summed E-state index contributed by atoms with van der Waals surface area (Å²) in [6.45, 7) is 11.3. The number of piperazine rings is 1. The molecule has 2 rings (SSSR count). The minimum atomic E-state index is 0.283.